The number of aryl methyl sites for hydroxylation is 1. The maximum atomic E-state index is 13.8. The van der Waals surface area contributed by atoms with Gasteiger partial charge < -0.3 is 14.8 Å². The summed E-state index contributed by atoms with van der Waals surface area (Å²) < 4.78 is 29.0. The molecule has 7 heteroatoms. The molecule has 1 amide bonds. The summed E-state index contributed by atoms with van der Waals surface area (Å²) in [7, 11) is 1.60. The Hall–Kier alpha value is -2.70. The van der Waals surface area contributed by atoms with Gasteiger partial charge in [-0.3, -0.25) is 9.59 Å². The van der Waals surface area contributed by atoms with E-state index < -0.39 is 11.6 Å². The summed E-state index contributed by atoms with van der Waals surface area (Å²) in [5.74, 6) is -1.60. The molecule has 0 radical (unpaired) electrons. The SMILES string of the molecule is Cn1ccc(C(=O)N[C@H]2CCN(c3c(F)cccc3F)C2)cc1=O. The first-order valence-electron chi connectivity index (χ1n) is 7.62. The summed E-state index contributed by atoms with van der Waals surface area (Å²) in [6, 6.07) is 6.33. The van der Waals surface area contributed by atoms with Crippen LogP contribution >= 0.6 is 0 Å². The van der Waals surface area contributed by atoms with Crippen LogP contribution in [0.5, 0.6) is 0 Å². The number of anilines is 1. The normalized spacial score (nSPS) is 17.1. The minimum Gasteiger partial charge on any atom is -0.365 e. The molecule has 0 saturated carbocycles. The third kappa shape index (κ3) is 3.15. The number of carbonyl (C=O) groups is 1. The van der Waals surface area contributed by atoms with Crippen molar-refractivity contribution in [3.63, 3.8) is 0 Å². The van der Waals surface area contributed by atoms with E-state index in [0.717, 1.165) is 0 Å². The highest BCUT2D eigenvalue weighted by atomic mass is 19.1. The standard InChI is InChI=1S/C17H17F2N3O2/c1-21-7-5-11(9-15(21)23)17(24)20-12-6-8-22(10-12)16-13(18)3-2-4-14(16)19/h2-5,7,9,12H,6,8,10H2,1H3,(H,20,24)/t12-/m0/s1. The second kappa shape index (κ2) is 6.43. The topological polar surface area (TPSA) is 54.3 Å². The van der Waals surface area contributed by atoms with Crippen LogP contribution in [-0.4, -0.2) is 29.6 Å². The predicted octanol–water partition coefficient (Wildman–Crippen LogP) is 1.67. The minimum atomic E-state index is -0.617. The summed E-state index contributed by atoms with van der Waals surface area (Å²) >= 11 is 0. The molecule has 24 heavy (non-hydrogen) atoms. The number of hydrogen-bond donors (Lipinski definition) is 1. The summed E-state index contributed by atoms with van der Waals surface area (Å²) in [4.78, 5) is 25.4. The number of amides is 1. The molecule has 0 bridgehead atoms. The number of nitrogens with one attached hydrogen (secondary N) is 1. The minimum absolute atomic E-state index is 0.0668. The maximum absolute atomic E-state index is 13.8. The molecule has 1 atom stereocenters. The molecular formula is C17H17F2N3O2. The van der Waals surface area contributed by atoms with Gasteiger partial charge in [0.15, 0.2) is 0 Å². The van der Waals surface area contributed by atoms with Crippen LogP contribution in [-0.2, 0) is 7.05 Å². The van der Waals surface area contributed by atoms with Gasteiger partial charge in [0.05, 0.1) is 0 Å². The molecule has 5 nitrogen and oxygen atoms in total. The Bertz CT molecular complexity index is 815. The van der Waals surface area contributed by atoms with Crippen LogP contribution in [0.15, 0.2) is 41.3 Å². The molecule has 3 rings (SSSR count). The number of hydrogen-bond acceptors (Lipinski definition) is 3. The number of aromatic nitrogens is 1. The van der Waals surface area contributed by atoms with Crippen LogP contribution in [0.1, 0.15) is 16.8 Å². The first-order chi connectivity index (χ1) is 11.5. The highest BCUT2D eigenvalue weighted by Gasteiger charge is 2.27. The van der Waals surface area contributed by atoms with E-state index in [1.807, 2.05) is 0 Å². The van der Waals surface area contributed by atoms with Crippen molar-refractivity contribution in [2.45, 2.75) is 12.5 Å². The fourth-order valence-electron chi connectivity index (χ4n) is 2.83. The Morgan fingerprint density at radius 2 is 1.96 bits per heavy atom. The van der Waals surface area contributed by atoms with Crippen molar-refractivity contribution < 1.29 is 13.6 Å². The lowest BCUT2D eigenvalue weighted by Crippen LogP contribution is -2.37. The van der Waals surface area contributed by atoms with Crippen LogP contribution in [0.25, 0.3) is 0 Å². The summed E-state index contributed by atoms with van der Waals surface area (Å²) in [6.07, 6.45) is 2.09. The summed E-state index contributed by atoms with van der Waals surface area (Å²) in [5, 5.41) is 2.81. The quantitative estimate of drug-likeness (QED) is 0.930. The number of para-hydroxylation sites is 1. The Balaban J connectivity index is 1.69. The smallest absolute Gasteiger partial charge is 0.251 e. The molecule has 0 unspecified atom stereocenters. The molecule has 0 aliphatic carbocycles. The number of benzene rings is 1. The van der Waals surface area contributed by atoms with Gasteiger partial charge in [0.25, 0.3) is 11.5 Å². The first-order valence-corrected chi connectivity index (χ1v) is 7.62. The largest absolute Gasteiger partial charge is 0.365 e. The Labute approximate surface area is 137 Å². The second-order valence-electron chi connectivity index (χ2n) is 5.84. The monoisotopic (exact) mass is 333 g/mol. The van der Waals surface area contributed by atoms with E-state index in [1.165, 1.54) is 35.0 Å². The van der Waals surface area contributed by atoms with Crippen LogP contribution in [0.4, 0.5) is 14.5 Å². The third-order valence-electron chi connectivity index (χ3n) is 4.14. The first kappa shape index (κ1) is 16.2. The average Bonchev–Trinajstić information content (AvgIpc) is 2.98. The molecule has 126 valence electrons. The van der Waals surface area contributed by atoms with E-state index >= 15 is 0 Å². The zero-order valence-corrected chi connectivity index (χ0v) is 13.1. The molecule has 2 aromatic rings. The van der Waals surface area contributed by atoms with Crippen molar-refractivity contribution in [3.8, 4) is 0 Å². The molecule has 1 fully saturated rings. The zero-order valence-electron chi connectivity index (χ0n) is 13.1. The molecule has 1 aromatic heterocycles. The zero-order chi connectivity index (χ0) is 17.3. The third-order valence-corrected chi connectivity index (χ3v) is 4.14. The molecular weight excluding hydrogens is 316 g/mol. The van der Waals surface area contributed by atoms with E-state index in [1.54, 1.807) is 18.0 Å². The number of rotatable bonds is 3. The van der Waals surface area contributed by atoms with Gasteiger partial charge in [-0.2, -0.15) is 0 Å². The van der Waals surface area contributed by atoms with Gasteiger partial charge in [-0.05, 0) is 24.6 Å². The van der Waals surface area contributed by atoms with Gasteiger partial charge in [0, 0.05) is 44.0 Å². The van der Waals surface area contributed by atoms with E-state index in [4.69, 9.17) is 0 Å². The van der Waals surface area contributed by atoms with Crippen molar-refractivity contribution in [3.05, 3.63) is 64.1 Å². The van der Waals surface area contributed by atoms with Gasteiger partial charge in [0.1, 0.15) is 17.3 Å². The van der Waals surface area contributed by atoms with Crippen molar-refractivity contribution in [2.75, 3.05) is 18.0 Å². The lowest BCUT2D eigenvalue weighted by molar-refractivity contribution is 0.0940. The lowest BCUT2D eigenvalue weighted by Gasteiger charge is -2.20. The van der Waals surface area contributed by atoms with Crippen LogP contribution in [0.3, 0.4) is 0 Å². The van der Waals surface area contributed by atoms with Crippen molar-refractivity contribution in [2.24, 2.45) is 7.05 Å². The predicted molar refractivity (Wildman–Crippen MR) is 86.1 cm³/mol. The maximum Gasteiger partial charge on any atom is 0.251 e. The van der Waals surface area contributed by atoms with Crippen molar-refractivity contribution >= 4 is 11.6 Å². The molecule has 1 aromatic carbocycles. The summed E-state index contributed by atoms with van der Waals surface area (Å²) in [5.41, 5.74) is -0.0689. The fourth-order valence-corrected chi connectivity index (χ4v) is 2.83. The number of carbonyl (C=O) groups excluding carboxylic acids is 1. The van der Waals surface area contributed by atoms with Crippen molar-refractivity contribution in [1.29, 1.82) is 0 Å². The second-order valence-corrected chi connectivity index (χ2v) is 5.84. The van der Waals surface area contributed by atoms with Gasteiger partial charge in [0.2, 0.25) is 0 Å². The lowest BCUT2D eigenvalue weighted by atomic mass is 10.2. The van der Waals surface area contributed by atoms with Crippen LogP contribution < -0.4 is 15.8 Å². The fraction of sp³-hybridized carbons (Fsp3) is 0.294. The molecule has 1 aliphatic rings. The Morgan fingerprint density at radius 3 is 2.62 bits per heavy atom. The number of halogens is 2. The molecule has 1 saturated heterocycles. The van der Waals surface area contributed by atoms with E-state index in [2.05, 4.69) is 5.32 Å². The van der Waals surface area contributed by atoms with Gasteiger partial charge in [-0.1, -0.05) is 6.07 Å². The molecule has 1 N–H and O–H groups in total. The molecule has 2 heterocycles. The highest BCUT2D eigenvalue weighted by Crippen LogP contribution is 2.26. The Morgan fingerprint density at radius 1 is 1.25 bits per heavy atom. The van der Waals surface area contributed by atoms with Crippen LogP contribution in [0, 0.1) is 11.6 Å². The highest BCUT2D eigenvalue weighted by molar-refractivity contribution is 5.94. The average molecular weight is 333 g/mol. The number of pyridine rings is 1. The van der Waals surface area contributed by atoms with E-state index in [9.17, 15) is 18.4 Å². The van der Waals surface area contributed by atoms with E-state index in [-0.39, 0.29) is 28.8 Å². The number of nitrogens with zero attached hydrogens (tertiary/aromatic N) is 2. The van der Waals surface area contributed by atoms with E-state index in [0.29, 0.717) is 19.5 Å². The summed E-state index contributed by atoms with van der Waals surface area (Å²) in [6.45, 7) is 0.758. The molecule has 0 spiro atoms. The van der Waals surface area contributed by atoms with Crippen LogP contribution in [0.2, 0.25) is 0 Å². The van der Waals surface area contributed by atoms with Crippen molar-refractivity contribution in [1.82, 2.24) is 9.88 Å². The van der Waals surface area contributed by atoms with Gasteiger partial charge in [-0.25, -0.2) is 8.78 Å². The van der Waals surface area contributed by atoms with Gasteiger partial charge in [-0.15, -0.1) is 0 Å². The molecule has 1 aliphatic heterocycles. The van der Waals surface area contributed by atoms with Gasteiger partial charge >= 0.3 is 0 Å². The Kier molecular flexibility index (Phi) is 4.33.